The van der Waals surface area contributed by atoms with Gasteiger partial charge >= 0.3 is 5.97 Å². The van der Waals surface area contributed by atoms with E-state index in [1.807, 2.05) is 32.0 Å². The smallest absolute Gasteiger partial charge is 0.306 e. The Morgan fingerprint density at radius 3 is 2.65 bits per heavy atom. The highest BCUT2D eigenvalue weighted by molar-refractivity contribution is 7.85. The van der Waals surface area contributed by atoms with Crippen LogP contribution in [0.25, 0.3) is 0 Å². The molecule has 0 radical (unpaired) electrons. The van der Waals surface area contributed by atoms with Gasteiger partial charge in [-0.2, -0.15) is 0 Å². The van der Waals surface area contributed by atoms with Crippen LogP contribution in [-0.2, 0) is 20.3 Å². The number of carbonyl (C=O) groups excluding carboxylic acids is 1. The fourth-order valence-corrected chi connectivity index (χ4v) is 2.94. The lowest BCUT2D eigenvalue weighted by Gasteiger charge is -2.12. The van der Waals surface area contributed by atoms with E-state index in [2.05, 4.69) is 4.74 Å². The lowest BCUT2D eigenvalue weighted by Crippen LogP contribution is -2.17. The first-order valence-electron chi connectivity index (χ1n) is 5.50. The van der Waals surface area contributed by atoms with Gasteiger partial charge in [0.05, 0.1) is 24.3 Å². The van der Waals surface area contributed by atoms with E-state index in [4.69, 9.17) is 0 Å². The molecule has 0 aliphatic carbocycles. The third kappa shape index (κ3) is 3.66. The molecule has 0 aromatic heterocycles. The van der Waals surface area contributed by atoms with Crippen LogP contribution in [0.4, 0.5) is 0 Å². The van der Waals surface area contributed by atoms with Crippen molar-refractivity contribution in [2.45, 2.75) is 37.3 Å². The number of hydrogen-bond acceptors (Lipinski definition) is 3. The van der Waals surface area contributed by atoms with E-state index in [1.54, 1.807) is 6.92 Å². The van der Waals surface area contributed by atoms with Crippen LogP contribution in [0, 0.1) is 13.8 Å². The zero-order valence-electron chi connectivity index (χ0n) is 10.6. The van der Waals surface area contributed by atoms with E-state index in [0.29, 0.717) is 0 Å². The van der Waals surface area contributed by atoms with E-state index in [9.17, 15) is 9.00 Å². The van der Waals surface area contributed by atoms with Gasteiger partial charge in [0.25, 0.3) is 0 Å². The van der Waals surface area contributed by atoms with Gasteiger partial charge in [-0.05, 0) is 38.0 Å². The van der Waals surface area contributed by atoms with Crippen LogP contribution < -0.4 is 0 Å². The van der Waals surface area contributed by atoms with E-state index in [0.717, 1.165) is 16.0 Å². The summed E-state index contributed by atoms with van der Waals surface area (Å²) in [6.07, 6.45) is 0.177. The maximum absolute atomic E-state index is 12.3. The number of aryl methyl sites for hydroxylation is 2. The summed E-state index contributed by atoms with van der Waals surface area (Å²) in [4.78, 5) is 12.0. The Morgan fingerprint density at radius 1 is 1.41 bits per heavy atom. The van der Waals surface area contributed by atoms with E-state index >= 15 is 0 Å². The quantitative estimate of drug-likeness (QED) is 0.775. The third-order valence-corrected chi connectivity index (χ3v) is 4.38. The summed E-state index contributed by atoms with van der Waals surface area (Å²) >= 11 is 0. The molecule has 0 aliphatic heterocycles. The van der Waals surface area contributed by atoms with Crippen molar-refractivity contribution in [2.24, 2.45) is 0 Å². The van der Waals surface area contributed by atoms with Gasteiger partial charge in [0.1, 0.15) is 0 Å². The molecule has 0 spiro atoms. The summed E-state index contributed by atoms with van der Waals surface area (Å²) in [7, 11) is 0.170. The lowest BCUT2D eigenvalue weighted by molar-refractivity contribution is -0.140. The topological polar surface area (TPSA) is 43.4 Å². The minimum Gasteiger partial charge on any atom is -0.469 e. The highest BCUT2D eigenvalue weighted by atomic mass is 32.2. The van der Waals surface area contributed by atoms with Gasteiger partial charge in [-0.25, -0.2) is 0 Å². The summed E-state index contributed by atoms with van der Waals surface area (Å²) in [6.45, 7) is 5.69. The van der Waals surface area contributed by atoms with Gasteiger partial charge in [-0.1, -0.05) is 12.1 Å². The molecule has 17 heavy (non-hydrogen) atoms. The summed E-state index contributed by atoms with van der Waals surface area (Å²) in [5, 5.41) is -0.233. The van der Waals surface area contributed by atoms with Crippen LogP contribution in [0.3, 0.4) is 0 Å². The van der Waals surface area contributed by atoms with Crippen molar-refractivity contribution in [1.29, 1.82) is 0 Å². The van der Waals surface area contributed by atoms with Crippen LogP contribution in [-0.4, -0.2) is 22.5 Å². The zero-order valence-corrected chi connectivity index (χ0v) is 11.5. The number of benzene rings is 1. The second-order valence-electron chi connectivity index (χ2n) is 4.16. The van der Waals surface area contributed by atoms with Crippen molar-refractivity contribution < 1.29 is 13.7 Å². The van der Waals surface area contributed by atoms with Crippen LogP contribution >= 0.6 is 0 Å². The summed E-state index contributed by atoms with van der Waals surface area (Å²) in [5.74, 6) is -0.323. The Kier molecular flexibility index (Phi) is 4.87. The molecule has 0 fully saturated rings. The van der Waals surface area contributed by atoms with E-state index < -0.39 is 10.8 Å². The van der Waals surface area contributed by atoms with Crippen molar-refractivity contribution >= 4 is 16.8 Å². The molecule has 2 unspecified atom stereocenters. The Hall–Kier alpha value is -1.16. The van der Waals surface area contributed by atoms with Crippen molar-refractivity contribution in [3.8, 4) is 0 Å². The molecule has 0 aliphatic rings. The molecule has 0 saturated carbocycles. The zero-order chi connectivity index (χ0) is 13.0. The number of rotatable bonds is 4. The van der Waals surface area contributed by atoms with Crippen LogP contribution in [0.2, 0.25) is 0 Å². The number of carbonyl (C=O) groups is 1. The van der Waals surface area contributed by atoms with Crippen molar-refractivity contribution in [1.82, 2.24) is 0 Å². The van der Waals surface area contributed by atoms with Crippen molar-refractivity contribution in [3.63, 3.8) is 0 Å². The standard InChI is InChI=1S/C13H18O3S/c1-9-5-6-10(2)12(7-9)17(15)11(3)8-13(14)16-4/h5-7,11H,8H2,1-4H3. The molecule has 94 valence electrons. The Labute approximate surface area is 105 Å². The minimum atomic E-state index is -1.17. The van der Waals surface area contributed by atoms with Gasteiger partial charge in [0.15, 0.2) is 0 Å². The predicted molar refractivity (Wildman–Crippen MR) is 68.4 cm³/mol. The van der Waals surface area contributed by atoms with Gasteiger partial charge < -0.3 is 4.74 Å². The Morgan fingerprint density at radius 2 is 2.06 bits per heavy atom. The average Bonchev–Trinajstić information content (AvgIpc) is 2.31. The molecule has 1 rings (SSSR count). The molecule has 1 aromatic rings. The highest BCUT2D eigenvalue weighted by Gasteiger charge is 2.19. The first-order chi connectivity index (χ1) is 7.95. The molecule has 2 atom stereocenters. The monoisotopic (exact) mass is 254 g/mol. The van der Waals surface area contributed by atoms with E-state index in [-0.39, 0.29) is 17.6 Å². The molecule has 0 heterocycles. The lowest BCUT2D eigenvalue weighted by atomic mass is 10.2. The SMILES string of the molecule is COC(=O)CC(C)S(=O)c1cc(C)ccc1C. The molecule has 0 saturated heterocycles. The number of hydrogen-bond donors (Lipinski definition) is 0. The Balaban J connectivity index is 2.88. The minimum absolute atomic E-state index is 0.177. The molecule has 4 heteroatoms. The fraction of sp³-hybridized carbons (Fsp3) is 0.462. The van der Waals surface area contributed by atoms with Crippen LogP contribution in [0.15, 0.2) is 23.1 Å². The normalized spacial score (nSPS) is 14.1. The molecular weight excluding hydrogens is 236 g/mol. The molecule has 3 nitrogen and oxygen atoms in total. The largest absolute Gasteiger partial charge is 0.469 e. The van der Waals surface area contributed by atoms with Crippen molar-refractivity contribution in [2.75, 3.05) is 7.11 Å². The third-order valence-electron chi connectivity index (χ3n) is 2.61. The molecule has 0 N–H and O–H groups in total. The molecular formula is C13H18O3S. The second-order valence-corrected chi connectivity index (χ2v) is 6.00. The number of esters is 1. The highest BCUT2D eigenvalue weighted by Crippen LogP contribution is 2.19. The summed E-state index contributed by atoms with van der Waals surface area (Å²) < 4.78 is 16.9. The van der Waals surface area contributed by atoms with Crippen LogP contribution in [0.5, 0.6) is 0 Å². The second kappa shape index (κ2) is 5.96. The summed E-state index contributed by atoms with van der Waals surface area (Å²) in [5.41, 5.74) is 2.06. The number of methoxy groups -OCH3 is 1. The molecule has 1 aromatic carbocycles. The molecule has 0 bridgehead atoms. The van der Waals surface area contributed by atoms with Gasteiger partial charge in [-0.3, -0.25) is 9.00 Å². The maximum Gasteiger partial charge on any atom is 0.306 e. The van der Waals surface area contributed by atoms with Gasteiger partial charge in [0.2, 0.25) is 0 Å². The van der Waals surface area contributed by atoms with Crippen molar-refractivity contribution in [3.05, 3.63) is 29.3 Å². The average molecular weight is 254 g/mol. The first kappa shape index (κ1) is 13.9. The fourth-order valence-electron chi connectivity index (χ4n) is 1.53. The number of ether oxygens (including phenoxy) is 1. The summed E-state index contributed by atoms with van der Waals surface area (Å²) in [6, 6.07) is 5.85. The molecule has 0 amide bonds. The van der Waals surface area contributed by atoms with Gasteiger partial charge in [-0.15, -0.1) is 0 Å². The van der Waals surface area contributed by atoms with Gasteiger partial charge in [0, 0.05) is 10.1 Å². The first-order valence-corrected chi connectivity index (χ1v) is 6.71. The van der Waals surface area contributed by atoms with E-state index in [1.165, 1.54) is 7.11 Å². The maximum atomic E-state index is 12.3. The Bertz CT molecular complexity index is 440. The predicted octanol–water partition coefficient (Wildman–Crippen LogP) is 2.36. The van der Waals surface area contributed by atoms with Crippen LogP contribution in [0.1, 0.15) is 24.5 Å².